The second-order valence-corrected chi connectivity index (χ2v) is 4.06. The van der Waals surface area contributed by atoms with E-state index < -0.39 is 0 Å². The Morgan fingerprint density at radius 1 is 1.33 bits per heavy atom. The van der Waals surface area contributed by atoms with E-state index in [2.05, 4.69) is 10.9 Å². The number of amides is 1. The number of rotatable bonds is 3. The van der Waals surface area contributed by atoms with E-state index in [9.17, 15) is 4.79 Å². The fourth-order valence-corrected chi connectivity index (χ4v) is 1.61. The van der Waals surface area contributed by atoms with E-state index in [-0.39, 0.29) is 11.8 Å². The predicted octanol–water partition coefficient (Wildman–Crippen LogP) is 2.24. The van der Waals surface area contributed by atoms with Crippen LogP contribution in [-0.2, 0) is 4.79 Å². The van der Waals surface area contributed by atoms with Crippen molar-refractivity contribution in [2.45, 2.75) is 26.2 Å². The van der Waals surface area contributed by atoms with Crippen LogP contribution in [0.1, 0.15) is 24.8 Å². The molecule has 3 nitrogen and oxygen atoms in total. The molecule has 2 rings (SSSR count). The topological polar surface area (TPSA) is 41.1 Å². The van der Waals surface area contributed by atoms with Crippen LogP contribution in [0.25, 0.3) is 0 Å². The van der Waals surface area contributed by atoms with Crippen LogP contribution >= 0.6 is 0 Å². The highest BCUT2D eigenvalue weighted by molar-refractivity contribution is 5.80. The number of carbonyl (C=O) groups is 1. The fourth-order valence-electron chi connectivity index (χ4n) is 1.61. The molecule has 0 aliphatic heterocycles. The van der Waals surface area contributed by atoms with Crippen molar-refractivity contribution in [1.82, 2.24) is 5.43 Å². The highest BCUT2D eigenvalue weighted by atomic mass is 16.2. The maximum absolute atomic E-state index is 11.5. The number of para-hydroxylation sites is 1. The SMILES string of the molecule is Cc1ccccc1NNC(=O)C1CCC1. The first-order chi connectivity index (χ1) is 7.27. The average Bonchev–Trinajstić information content (AvgIpc) is 2.14. The number of hydrogen-bond acceptors (Lipinski definition) is 2. The molecule has 3 heteroatoms. The molecule has 1 aromatic rings. The van der Waals surface area contributed by atoms with E-state index in [1.165, 1.54) is 6.42 Å². The van der Waals surface area contributed by atoms with Crippen LogP contribution in [-0.4, -0.2) is 5.91 Å². The average molecular weight is 204 g/mol. The maximum Gasteiger partial charge on any atom is 0.241 e. The zero-order valence-electron chi connectivity index (χ0n) is 8.92. The van der Waals surface area contributed by atoms with Crippen LogP contribution in [0.4, 0.5) is 5.69 Å². The first-order valence-corrected chi connectivity index (χ1v) is 5.39. The number of carbonyl (C=O) groups excluding carboxylic acids is 1. The fraction of sp³-hybridized carbons (Fsp3) is 0.417. The first-order valence-electron chi connectivity index (χ1n) is 5.39. The van der Waals surface area contributed by atoms with Gasteiger partial charge in [-0.2, -0.15) is 0 Å². The molecule has 0 bridgehead atoms. The van der Waals surface area contributed by atoms with Gasteiger partial charge in [-0.1, -0.05) is 24.6 Å². The summed E-state index contributed by atoms with van der Waals surface area (Å²) in [4.78, 5) is 11.5. The summed E-state index contributed by atoms with van der Waals surface area (Å²) in [5, 5.41) is 0. The monoisotopic (exact) mass is 204 g/mol. The van der Waals surface area contributed by atoms with E-state index in [4.69, 9.17) is 0 Å². The lowest BCUT2D eigenvalue weighted by atomic mass is 9.85. The Balaban J connectivity index is 1.87. The lowest BCUT2D eigenvalue weighted by Gasteiger charge is -2.24. The Bertz CT molecular complexity index is 358. The predicted molar refractivity (Wildman–Crippen MR) is 60.3 cm³/mol. The maximum atomic E-state index is 11.5. The summed E-state index contributed by atoms with van der Waals surface area (Å²) < 4.78 is 0. The number of anilines is 1. The van der Waals surface area contributed by atoms with Crippen LogP contribution in [0, 0.1) is 12.8 Å². The lowest BCUT2D eigenvalue weighted by molar-refractivity contribution is -0.126. The Morgan fingerprint density at radius 3 is 2.67 bits per heavy atom. The van der Waals surface area contributed by atoms with Crippen LogP contribution < -0.4 is 10.9 Å². The summed E-state index contributed by atoms with van der Waals surface area (Å²) in [6.45, 7) is 2.01. The molecule has 0 radical (unpaired) electrons. The highest BCUT2D eigenvalue weighted by Crippen LogP contribution is 2.26. The van der Waals surface area contributed by atoms with Gasteiger partial charge in [0.1, 0.15) is 0 Å². The van der Waals surface area contributed by atoms with Crippen molar-refractivity contribution in [2.75, 3.05) is 5.43 Å². The molecule has 80 valence electrons. The molecule has 0 spiro atoms. The summed E-state index contributed by atoms with van der Waals surface area (Å²) in [6.07, 6.45) is 3.24. The van der Waals surface area contributed by atoms with Crippen LogP contribution in [0.5, 0.6) is 0 Å². The third-order valence-corrected chi connectivity index (χ3v) is 2.94. The molecule has 2 N–H and O–H groups in total. The van der Waals surface area contributed by atoms with Crippen molar-refractivity contribution in [1.29, 1.82) is 0 Å². The van der Waals surface area contributed by atoms with Gasteiger partial charge in [-0.25, -0.2) is 0 Å². The quantitative estimate of drug-likeness (QED) is 0.741. The van der Waals surface area contributed by atoms with Crippen molar-refractivity contribution < 1.29 is 4.79 Å². The van der Waals surface area contributed by atoms with Gasteiger partial charge in [0.15, 0.2) is 0 Å². The minimum atomic E-state index is 0.115. The molecule has 0 aromatic heterocycles. The van der Waals surface area contributed by atoms with Gasteiger partial charge >= 0.3 is 0 Å². The van der Waals surface area contributed by atoms with Gasteiger partial charge in [-0.3, -0.25) is 15.6 Å². The van der Waals surface area contributed by atoms with Gasteiger partial charge in [0.25, 0.3) is 0 Å². The molecular formula is C12H16N2O. The summed E-state index contributed by atoms with van der Waals surface area (Å²) in [6, 6.07) is 7.90. The Hall–Kier alpha value is -1.51. The van der Waals surface area contributed by atoms with Crippen molar-refractivity contribution in [3.8, 4) is 0 Å². The van der Waals surface area contributed by atoms with E-state index in [1.807, 2.05) is 31.2 Å². The number of aryl methyl sites for hydroxylation is 1. The summed E-state index contributed by atoms with van der Waals surface area (Å²) >= 11 is 0. The second kappa shape index (κ2) is 4.34. The first kappa shape index (κ1) is 10.0. The molecular weight excluding hydrogens is 188 g/mol. The molecule has 1 aliphatic rings. The minimum absolute atomic E-state index is 0.115. The number of hydrogen-bond donors (Lipinski definition) is 2. The van der Waals surface area contributed by atoms with Crippen LogP contribution in [0.15, 0.2) is 24.3 Å². The molecule has 1 saturated carbocycles. The Kier molecular flexibility index (Phi) is 2.90. The molecule has 1 fully saturated rings. The second-order valence-electron chi connectivity index (χ2n) is 4.06. The molecule has 0 saturated heterocycles. The van der Waals surface area contributed by atoms with Crippen LogP contribution in [0.2, 0.25) is 0 Å². The smallest absolute Gasteiger partial charge is 0.241 e. The standard InChI is InChI=1S/C12H16N2O/c1-9-5-2-3-8-11(9)13-14-12(15)10-6-4-7-10/h2-3,5,8,10,13H,4,6-7H2,1H3,(H,14,15). The third-order valence-electron chi connectivity index (χ3n) is 2.94. The summed E-state index contributed by atoms with van der Waals surface area (Å²) in [5.74, 6) is 0.339. The number of hydrazine groups is 1. The Labute approximate surface area is 89.8 Å². The van der Waals surface area contributed by atoms with Crippen molar-refractivity contribution in [2.24, 2.45) is 5.92 Å². The normalized spacial score (nSPS) is 15.5. The van der Waals surface area contributed by atoms with Crippen molar-refractivity contribution >= 4 is 11.6 Å². The van der Waals surface area contributed by atoms with Crippen molar-refractivity contribution in [3.63, 3.8) is 0 Å². The molecule has 1 aliphatic carbocycles. The molecule has 0 unspecified atom stereocenters. The van der Waals surface area contributed by atoms with Gasteiger partial charge in [-0.05, 0) is 31.4 Å². The van der Waals surface area contributed by atoms with Gasteiger partial charge in [0.2, 0.25) is 5.91 Å². The summed E-state index contributed by atoms with van der Waals surface area (Å²) in [7, 11) is 0. The number of nitrogens with one attached hydrogen (secondary N) is 2. The molecule has 15 heavy (non-hydrogen) atoms. The zero-order chi connectivity index (χ0) is 10.7. The van der Waals surface area contributed by atoms with E-state index in [0.29, 0.717) is 0 Å². The third kappa shape index (κ3) is 2.29. The largest absolute Gasteiger partial charge is 0.298 e. The van der Waals surface area contributed by atoms with Gasteiger partial charge < -0.3 is 0 Å². The zero-order valence-corrected chi connectivity index (χ0v) is 8.92. The molecule has 0 atom stereocenters. The van der Waals surface area contributed by atoms with E-state index in [1.54, 1.807) is 0 Å². The summed E-state index contributed by atoms with van der Waals surface area (Å²) in [5.41, 5.74) is 7.81. The molecule has 0 heterocycles. The van der Waals surface area contributed by atoms with Crippen LogP contribution in [0.3, 0.4) is 0 Å². The number of benzene rings is 1. The molecule has 1 aromatic carbocycles. The highest BCUT2D eigenvalue weighted by Gasteiger charge is 2.24. The van der Waals surface area contributed by atoms with E-state index in [0.717, 1.165) is 24.1 Å². The minimum Gasteiger partial charge on any atom is -0.298 e. The van der Waals surface area contributed by atoms with Crippen molar-refractivity contribution in [3.05, 3.63) is 29.8 Å². The van der Waals surface area contributed by atoms with E-state index >= 15 is 0 Å². The molecule has 1 amide bonds. The Morgan fingerprint density at radius 2 is 2.07 bits per heavy atom. The lowest BCUT2D eigenvalue weighted by Crippen LogP contribution is -2.38. The van der Waals surface area contributed by atoms with Gasteiger partial charge in [0, 0.05) is 5.92 Å². The van der Waals surface area contributed by atoms with Gasteiger partial charge in [0.05, 0.1) is 5.69 Å². The van der Waals surface area contributed by atoms with Gasteiger partial charge in [-0.15, -0.1) is 0 Å².